The molecule has 8 nitrogen and oxygen atoms in total. The van der Waals surface area contributed by atoms with Gasteiger partial charge in [-0.15, -0.1) is 0 Å². The number of halogens is 3. The number of ether oxygens (including phenoxy) is 4. The van der Waals surface area contributed by atoms with E-state index in [1.165, 1.54) is 35.1 Å². The number of esters is 1. The Balaban J connectivity index is 1.54. The highest BCUT2D eigenvalue weighted by Crippen LogP contribution is 2.33. The second kappa shape index (κ2) is 13.0. The lowest BCUT2D eigenvalue weighted by Crippen LogP contribution is -2.39. The van der Waals surface area contributed by atoms with E-state index in [1.807, 2.05) is 0 Å². The number of alkyl halides is 3. The van der Waals surface area contributed by atoms with Crippen LogP contribution in [0, 0.1) is 0 Å². The van der Waals surface area contributed by atoms with E-state index >= 15 is 0 Å². The highest BCUT2D eigenvalue weighted by molar-refractivity contribution is 7.07. The van der Waals surface area contributed by atoms with Gasteiger partial charge in [0.1, 0.15) is 23.9 Å². The number of hydrogen-bond donors (Lipinski definition) is 0. The van der Waals surface area contributed by atoms with Gasteiger partial charge in [-0.1, -0.05) is 35.6 Å². The van der Waals surface area contributed by atoms with E-state index in [0.29, 0.717) is 43.2 Å². The van der Waals surface area contributed by atoms with Crippen LogP contribution in [0.2, 0.25) is 0 Å². The molecule has 1 aromatic heterocycles. The maximum atomic E-state index is 13.9. The van der Waals surface area contributed by atoms with Crippen LogP contribution in [-0.2, 0) is 22.3 Å². The van der Waals surface area contributed by atoms with Gasteiger partial charge in [-0.05, 0) is 73.5 Å². The van der Waals surface area contributed by atoms with Crippen LogP contribution in [0.5, 0.6) is 17.2 Å². The first-order valence-electron chi connectivity index (χ1n) is 13.8. The van der Waals surface area contributed by atoms with E-state index < -0.39 is 23.8 Å². The fourth-order valence-electron chi connectivity index (χ4n) is 4.97. The largest absolute Gasteiger partial charge is 0.497 e. The lowest BCUT2D eigenvalue weighted by molar-refractivity contribution is -0.139. The van der Waals surface area contributed by atoms with Crippen molar-refractivity contribution in [3.63, 3.8) is 0 Å². The molecule has 2 heterocycles. The lowest BCUT2D eigenvalue weighted by Gasteiger charge is -2.24. The third kappa shape index (κ3) is 6.65. The second-order valence-electron chi connectivity index (χ2n) is 9.96. The van der Waals surface area contributed by atoms with E-state index in [1.54, 1.807) is 69.5 Å². The predicted octanol–water partition coefficient (Wildman–Crippen LogP) is 5.41. The SMILES string of the molecule is CCOC(=O)C1=C(C)N=c2sc(=Cc3ccc(OC)c(COc4cccc(C(F)(F)F)c4)c3)c(=O)n2[C@H]1c1ccc(OC)cc1. The van der Waals surface area contributed by atoms with E-state index in [2.05, 4.69) is 4.99 Å². The second-order valence-corrected chi connectivity index (χ2v) is 11.0. The molecule has 45 heavy (non-hydrogen) atoms. The monoisotopic (exact) mass is 638 g/mol. The molecule has 1 atom stereocenters. The average molecular weight is 639 g/mol. The first kappa shape index (κ1) is 31.6. The molecule has 0 fully saturated rings. The van der Waals surface area contributed by atoms with Crippen molar-refractivity contribution in [3.05, 3.63) is 120 Å². The van der Waals surface area contributed by atoms with Crippen molar-refractivity contribution in [3.8, 4) is 17.2 Å². The van der Waals surface area contributed by atoms with Crippen LogP contribution >= 0.6 is 11.3 Å². The number of hydrogen-bond acceptors (Lipinski definition) is 8. The first-order valence-corrected chi connectivity index (χ1v) is 14.7. The summed E-state index contributed by atoms with van der Waals surface area (Å²) in [6.07, 6.45) is -2.81. The molecule has 0 saturated heterocycles. The molecule has 234 valence electrons. The minimum atomic E-state index is -4.50. The Morgan fingerprint density at radius 1 is 1.02 bits per heavy atom. The van der Waals surface area contributed by atoms with Gasteiger partial charge < -0.3 is 18.9 Å². The average Bonchev–Trinajstić information content (AvgIpc) is 3.32. The van der Waals surface area contributed by atoms with E-state index in [0.717, 1.165) is 12.1 Å². The minimum Gasteiger partial charge on any atom is -0.497 e. The third-order valence-electron chi connectivity index (χ3n) is 7.11. The predicted molar refractivity (Wildman–Crippen MR) is 162 cm³/mol. The Labute approximate surface area is 260 Å². The molecule has 12 heteroatoms. The van der Waals surface area contributed by atoms with Crippen LogP contribution in [0.25, 0.3) is 6.08 Å². The normalized spacial score (nSPS) is 14.9. The highest BCUT2D eigenvalue weighted by atomic mass is 32.1. The highest BCUT2D eigenvalue weighted by Gasteiger charge is 2.33. The van der Waals surface area contributed by atoms with Gasteiger partial charge in [-0.3, -0.25) is 9.36 Å². The molecular weight excluding hydrogens is 609 g/mol. The quantitative estimate of drug-likeness (QED) is 0.228. The van der Waals surface area contributed by atoms with Gasteiger partial charge in [0.2, 0.25) is 0 Å². The number of aromatic nitrogens is 1. The molecule has 0 amide bonds. The number of allylic oxidation sites excluding steroid dienone is 1. The fraction of sp³-hybridized carbons (Fsp3) is 0.242. The molecule has 0 bridgehead atoms. The summed E-state index contributed by atoms with van der Waals surface area (Å²) in [6, 6.07) is 16.1. The summed E-state index contributed by atoms with van der Waals surface area (Å²) >= 11 is 1.17. The fourth-order valence-corrected chi connectivity index (χ4v) is 6.02. The first-order chi connectivity index (χ1) is 21.5. The van der Waals surface area contributed by atoms with Gasteiger partial charge in [-0.25, -0.2) is 9.79 Å². The Hall–Kier alpha value is -4.84. The zero-order chi connectivity index (χ0) is 32.3. The molecule has 0 saturated carbocycles. The lowest BCUT2D eigenvalue weighted by atomic mass is 9.96. The number of thiazole rings is 1. The Morgan fingerprint density at radius 3 is 2.44 bits per heavy atom. The minimum absolute atomic E-state index is 0.0527. The molecule has 1 aliphatic heterocycles. The van der Waals surface area contributed by atoms with E-state index in [9.17, 15) is 22.8 Å². The molecule has 0 unspecified atom stereocenters. The van der Waals surface area contributed by atoms with Gasteiger partial charge in [0.25, 0.3) is 5.56 Å². The summed E-state index contributed by atoms with van der Waals surface area (Å²) in [6.45, 7) is 3.50. The Morgan fingerprint density at radius 2 is 1.78 bits per heavy atom. The molecule has 0 radical (unpaired) electrons. The summed E-state index contributed by atoms with van der Waals surface area (Å²) in [4.78, 5) is 32.0. The number of carbonyl (C=O) groups excluding carboxylic acids is 1. The van der Waals surface area contributed by atoms with Gasteiger partial charge in [-0.2, -0.15) is 13.2 Å². The van der Waals surface area contributed by atoms with Crippen molar-refractivity contribution in [1.29, 1.82) is 0 Å². The molecule has 0 N–H and O–H groups in total. The van der Waals surface area contributed by atoms with Crippen molar-refractivity contribution >= 4 is 23.4 Å². The number of nitrogens with zero attached hydrogens (tertiary/aromatic N) is 2. The third-order valence-corrected chi connectivity index (χ3v) is 8.09. The van der Waals surface area contributed by atoms with Gasteiger partial charge in [0.05, 0.1) is 48.2 Å². The molecule has 4 aromatic rings. The molecule has 1 aliphatic rings. The van der Waals surface area contributed by atoms with Gasteiger partial charge in [0, 0.05) is 5.56 Å². The molecule has 3 aromatic carbocycles. The summed E-state index contributed by atoms with van der Waals surface area (Å²) in [5.74, 6) is 0.581. The van der Waals surface area contributed by atoms with Crippen LogP contribution in [-0.4, -0.2) is 31.4 Å². The standard InChI is InChI=1S/C33H29F3N2O6S/c1-5-43-31(40)28-19(2)37-32-38(29(28)21-10-12-24(41-3)13-11-21)30(39)27(45-32)16-20-9-14-26(42-4)22(15-20)18-44-25-8-6-7-23(17-25)33(34,35)36/h6-17,29H,5,18H2,1-4H3/t29-/m0/s1. The van der Waals surface area contributed by atoms with Crippen LogP contribution in [0.1, 0.15) is 42.1 Å². The number of methoxy groups -OCH3 is 2. The van der Waals surface area contributed by atoms with Crippen LogP contribution in [0.15, 0.2) is 87.8 Å². The van der Waals surface area contributed by atoms with Crippen molar-refractivity contribution in [1.82, 2.24) is 4.57 Å². The summed E-state index contributed by atoms with van der Waals surface area (Å²) in [5.41, 5.74) is 1.41. The van der Waals surface area contributed by atoms with Crippen molar-refractivity contribution in [2.45, 2.75) is 32.7 Å². The molecule has 0 spiro atoms. The smallest absolute Gasteiger partial charge is 0.416 e. The van der Waals surface area contributed by atoms with E-state index in [4.69, 9.17) is 18.9 Å². The maximum Gasteiger partial charge on any atom is 0.416 e. The van der Waals surface area contributed by atoms with Crippen LogP contribution in [0.4, 0.5) is 13.2 Å². The van der Waals surface area contributed by atoms with Crippen molar-refractivity contribution < 1.29 is 36.9 Å². The molecule has 5 rings (SSSR count). The topological polar surface area (TPSA) is 88.4 Å². The van der Waals surface area contributed by atoms with Crippen molar-refractivity contribution in [2.24, 2.45) is 4.99 Å². The summed E-state index contributed by atoms with van der Waals surface area (Å²) < 4.78 is 63.1. The van der Waals surface area contributed by atoms with Crippen LogP contribution in [0.3, 0.4) is 0 Å². The Bertz CT molecular complexity index is 1940. The zero-order valence-corrected chi connectivity index (χ0v) is 25.6. The molecular formula is C33H29F3N2O6S. The van der Waals surface area contributed by atoms with Crippen molar-refractivity contribution in [2.75, 3.05) is 20.8 Å². The van der Waals surface area contributed by atoms with Gasteiger partial charge >= 0.3 is 12.1 Å². The van der Waals surface area contributed by atoms with Gasteiger partial charge in [0.15, 0.2) is 4.80 Å². The number of carbonyl (C=O) groups is 1. The summed E-state index contributed by atoms with van der Waals surface area (Å²) in [7, 11) is 3.03. The van der Waals surface area contributed by atoms with Crippen LogP contribution < -0.4 is 29.1 Å². The number of fused-ring (bicyclic) bond motifs is 1. The zero-order valence-electron chi connectivity index (χ0n) is 24.8. The van der Waals surface area contributed by atoms with E-state index in [-0.39, 0.29) is 30.1 Å². The maximum absolute atomic E-state index is 13.9. The Kier molecular flexibility index (Phi) is 9.14. The number of benzene rings is 3. The number of rotatable bonds is 9. The molecule has 0 aliphatic carbocycles. The summed E-state index contributed by atoms with van der Waals surface area (Å²) in [5, 5.41) is 0.